The molecule has 2 aromatic carbocycles. The van der Waals surface area contributed by atoms with E-state index in [2.05, 4.69) is 37.0 Å². The Hall–Kier alpha value is -1.94. The molecule has 0 heterocycles. The zero-order valence-electron chi connectivity index (χ0n) is 13.3. The molecule has 0 fully saturated rings. The second-order valence-corrected chi connectivity index (χ2v) is 6.09. The van der Waals surface area contributed by atoms with E-state index in [9.17, 15) is 0 Å². The Balaban J connectivity index is 1.99. The maximum absolute atomic E-state index is 6.02. The second kappa shape index (κ2) is 7.90. The van der Waals surface area contributed by atoms with Gasteiger partial charge >= 0.3 is 0 Å². The number of benzene rings is 2. The van der Waals surface area contributed by atoms with Crippen molar-refractivity contribution in [2.75, 3.05) is 6.61 Å². The third-order valence-electron chi connectivity index (χ3n) is 3.27. The number of nitrogens with zero attached hydrogens (tertiary/aromatic N) is 1. The molecule has 2 aromatic rings. The average Bonchev–Trinajstić information content (AvgIpc) is 2.50. The van der Waals surface area contributed by atoms with Crippen LogP contribution in [0.1, 0.15) is 23.6 Å². The van der Waals surface area contributed by atoms with Crippen molar-refractivity contribution < 1.29 is 4.74 Å². The van der Waals surface area contributed by atoms with Crippen molar-refractivity contribution in [3.63, 3.8) is 0 Å². The molecule has 0 aromatic heterocycles. The van der Waals surface area contributed by atoms with Crippen LogP contribution in [-0.2, 0) is 5.75 Å². The molecule has 22 heavy (non-hydrogen) atoms. The molecule has 0 amide bonds. The van der Waals surface area contributed by atoms with Crippen molar-refractivity contribution in [1.82, 2.24) is 0 Å². The third-order valence-corrected chi connectivity index (χ3v) is 4.11. The summed E-state index contributed by atoms with van der Waals surface area (Å²) in [5, 5.41) is 0.574. The number of amidine groups is 1. The summed E-state index contributed by atoms with van der Waals surface area (Å²) in [4.78, 5) is 4.43. The van der Waals surface area contributed by atoms with Crippen LogP contribution < -0.4 is 10.5 Å². The number of aliphatic imine (C=N–C) groups is 1. The molecular formula is C18H22N2OS. The van der Waals surface area contributed by atoms with Gasteiger partial charge in [-0.15, -0.1) is 0 Å². The summed E-state index contributed by atoms with van der Waals surface area (Å²) in [6, 6.07) is 14.1. The monoisotopic (exact) mass is 314 g/mol. The Morgan fingerprint density at radius 2 is 1.86 bits per heavy atom. The number of hydrogen-bond donors (Lipinski definition) is 1. The molecule has 0 unspecified atom stereocenters. The van der Waals surface area contributed by atoms with Crippen LogP contribution in [0.15, 0.2) is 47.5 Å². The first-order chi connectivity index (χ1) is 10.6. The molecule has 0 atom stereocenters. The number of thioether (sulfide) groups is 1. The highest BCUT2D eigenvalue weighted by molar-refractivity contribution is 8.13. The molecule has 0 radical (unpaired) electrons. The van der Waals surface area contributed by atoms with Gasteiger partial charge in [0.1, 0.15) is 5.75 Å². The van der Waals surface area contributed by atoms with E-state index < -0.39 is 0 Å². The van der Waals surface area contributed by atoms with E-state index in [0.29, 0.717) is 11.8 Å². The van der Waals surface area contributed by atoms with E-state index >= 15 is 0 Å². The Labute approximate surface area is 136 Å². The SMILES string of the molecule is CCOc1ccc(N=C(N)SCc2cc(C)ccc2C)cc1. The summed E-state index contributed by atoms with van der Waals surface area (Å²) in [5.74, 6) is 1.68. The first-order valence-corrected chi connectivity index (χ1v) is 8.33. The van der Waals surface area contributed by atoms with Crippen LogP contribution in [0.4, 0.5) is 5.69 Å². The molecular weight excluding hydrogens is 292 g/mol. The molecule has 0 spiro atoms. The molecule has 0 saturated heterocycles. The van der Waals surface area contributed by atoms with E-state index in [1.54, 1.807) is 11.8 Å². The van der Waals surface area contributed by atoms with Crippen molar-refractivity contribution in [3.8, 4) is 5.75 Å². The summed E-state index contributed by atoms with van der Waals surface area (Å²) in [6.45, 7) is 6.85. The Morgan fingerprint density at radius 3 is 2.55 bits per heavy atom. The standard InChI is InChI=1S/C18H22N2OS/c1-4-21-17-9-7-16(8-10-17)20-18(19)22-12-15-11-13(2)5-6-14(15)3/h5-11H,4,12H2,1-3H3,(H2,19,20). The lowest BCUT2D eigenvalue weighted by Crippen LogP contribution is -2.06. The molecule has 0 aliphatic carbocycles. The predicted molar refractivity (Wildman–Crippen MR) is 96.1 cm³/mol. The molecule has 2 N–H and O–H groups in total. The zero-order chi connectivity index (χ0) is 15.9. The van der Waals surface area contributed by atoms with Gasteiger partial charge in [-0.1, -0.05) is 35.5 Å². The number of aryl methyl sites for hydroxylation is 2. The highest BCUT2D eigenvalue weighted by atomic mass is 32.2. The van der Waals surface area contributed by atoms with Gasteiger partial charge in [-0.05, 0) is 56.2 Å². The van der Waals surface area contributed by atoms with Crippen LogP contribution in [-0.4, -0.2) is 11.8 Å². The van der Waals surface area contributed by atoms with Gasteiger partial charge in [0.25, 0.3) is 0 Å². The maximum atomic E-state index is 6.02. The van der Waals surface area contributed by atoms with Crippen LogP contribution >= 0.6 is 11.8 Å². The maximum Gasteiger partial charge on any atom is 0.159 e. The lowest BCUT2D eigenvalue weighted by Gasteiger charge is -2.07. The molecule has 0 aliphatic rings. The van der Waals surface area contributed by atoms with Crippen LogP contribution in [0.2, 0.25) is 0 Å². The second-order valence-electron chi connectivity index (χ2n) is 5.10. The topological polar surface area (TPSA) is 47.6 Å². The summed E-state index contributed by atoms with van der Waals surface area (Å²) in [5.41, 5.74) is 10.7. The van der Waals surface area contributed by atoms with E-state index in [0.717, 1.165) is 17.2 Å². The summed E-state index contributed by atoms with van der Waals surface area (Å²) >= 11 is 1.56. The molecule has 2 rings (SSSR count). The number of nitrogens with two attached hydrogens (primary N) is 1. The minimum absolute atomic E-state index is 0.574. The van der Waals surface area contributed by atoms with Crippen LogP contribution in [0, 0.1) is 13.8 Å². The highest BCUT2D eigenvalue weighted by Crippen LogP contribution is 2.21. The minimum atomic E-state index is 0.574. The predicted octanol–water partition coefficient (Wildman–Crippen LogP) is 4.58. The largest absolute Gasteiger partial charge is 0.494 e. The van der Waals surface area contributed by atoms with Gasteiger partial charge in [-0.25, -0.2) is 4.99 Å². The minimum Gasteiger partial charge on any atom is -0.494 e. The van der Waals surface area contributed by atoms with Gasteiger partial charge in [0.15, 0.2) is 5.17 Å². The van der Waals surface area contributed by atoms with Gasteiger partial charge in [-0.3, -0.25) is 0 Å². The van der Waals surface area contributed by atoms with Gasteiger partial charge < -0.3 is 10.5 Å². The fraction of sp³-hybridized carbons (Fsp3) is 0.278. The first-order valence-electron chi connectivity index (χ1n) is 7.34. The lowest BCUT2D eigenvalue weighted by molar-refractivity contribution is 0.340. The van der Waals surface area contributed by atoms with Crippen molar-refractivity contribution in [2.45, 2.75) is 26.5 Å². The fourth-order valence-electron chi connectivity index (χ4n) is 2.05. The normalized spacial score (nSPS) is 11.5. The Kier molecular flexibility index (Phi) is 5.90. The van der Waals surface area contributed by atoms with Crippen LogP contribution in [0.5, 0.6) is 5.75 Å². The average molecular weight is 314 g/mol. The van der Waals surface area contributed by atoms with Crippen LogP contribution in [0.25, 0.3) is 0 Å². The van der Waals surface area contributed by atoms with Crippen molar-refractivity contribution >= 4 is 22.6 Å². The molecule has 3 nitrogen and oxygen atoms in total. The molecule has 116 valence electrons. The van der Waals surface area contributed by atoms with Crippen LogP contribution in [0.3, 0.4) is 0 Å². The fourth-order valence-corrected chi connectivity index (χ4v) is 2.83. The molecule has 4 heteroatoms. The summed E-state index contributed by atoms with van der Waals surface area (Å²) in [6.07, 6.45) is 0. The van der Waals surface area contributed by atoms with Gasteiger partial charge in [0, 0.05) is 5.75 Å². The van der Waals surface area contributed by atoms with Gasteiger partial charge in [0.05, 0.1) is 12.3 Å². The van der Waals surface area contributed by atoms with Crippen molar-refractivity contribution in [1.29, 1.82) is 0 Å². The molecule has 0 bridgehead atoms. The quantitative estimate of drug-likeness (QED) is 0.649. The summed E-state index contributed by atoms with van der Waals surface area (Å²) < 4.78 is 5.41. The number of hydrogen-bond acceptors (Lipinski definition) is 3. The Bertz CT molecular complexity index is 651. The van der Waals surface area contributed by atoms with Gasteiger partial charge in [-0.2, -0.15) is 0 Å². The van der Waals surface area contributed by atoms with Crippen molar-refractivity contribution in [2.24, 2.45) is 10.7 Å². The van der Waals surface area contributed by atoms with Crippen molar-refractivity contribution in [3.05, 3.63) is 59.2 Å². The smallest absolute Gasteiger partial charge is 0.159 e. The molecule has 0 saturated carbocycles. The molecule has 0 aliphatic heterocycles. The van der Waals surface area contributed by atoms with E-state index in [-0.39, 0.29) is 0 Å². The summed E-state index contributed by atoms with van der Waals surface area (Å²) in [7, 11) is 0. The number of ether oxygens (including phenoxy) is 1. The van der Waals surface area contributed by atoms with E-state index in [1.807, 2.05) is 31.2 Å². The Morgan fingerprint density at radius 1 is 1.14 bits per heavy atom. The first kappa shape index (κ1) is 16.4. The third kappa shape index (κ3) is 4.81. The van der Waals surface area contributed by atoms with E-state index in [4.69, 9.17) is 10.5 Å². The van der Waals surface area contributed by atoms with Gasteiger partial charge in [0.2, 0.25) is 0 Å². The highest BCUT2D eigenvalue weighted by Gasteiger charge is 2.02. The lowest BCUT2D eigenvalue weighted by atomic mass is 10.1. The zero-order valence-corrected chi connectivity index (χ0v) is 14.1. The number of rotatable bonds is 5. The van der Waals surface area contributed by atoms with E-state index in [1.165, 1.54) is 16.7 Å².